The minimum absolute atomic E-state index is 0.165. The predicted molar refractivity (Wildman–Crippen MR) is 121 cm³/mol. The number of hydrogen-bond donors (Lipinski definition) is 1. The Morgan fingerprint density at radius 2 is 1.83 bits per heavy atom. The number of benzene rings is 2. The van der Waals surface area contributed by atoms with Crippen LogP contribution in [0, 0.1) is 6.92 Å². The van der Waals surface area contributed by atoms with E-state index in [1.807, 2.05) is 44.4 Å². The maximum absolute atomic E-state index is 12.6. The fourth-order valence-corrected chi connectivity index (χ4v) is 3.49. The van der Waals surface area contributed by atoms with E-state index in [0.717, 1.165) is 10.4 Å². The zero-order valence-electron chi connectivity index (χ0n) is 16.9. The molecule has 3 aromatic rings. The third kappa shape index (κ3) is 6.17. The lowest BCUT2D eigenvalue weighted by atomic mass is 10.1. The third-order valence-electron chi connectivity index (χ3n) is 3.95. The van der Waals surface area contributed by atoms with Gasteiger partial charge in [-0.3, -0.25) is 9.59 Å². The highest BCUT2D eigenvalue weighted by Gasteiger charge is 2.15. The number of Topliss-reactive ketones (excluding diaryl/α,β-unsaturated/α-hetero) is 1. The molecule has 0 fully saturated rings. The number of nitrogens with one attached hydrogen (secondary N) is 1. The maximum atomic E-state index is 12.6. The van der Waals surface area contributed by atoms with Gasteiger partial charge in [0, 0.05) is 10.4 Å². The average molecular weight is 430 g/mol. The number of ether oxygens (including phenoxy) is 1. The molecule has 0 bridgehead atoms. The lowest BCUT2D eigenvalue weighted by Crippen LogP contribution is -2.15. The van der Waals surface area contributed by atoms with Crippen LogP contribution >= 0.6 is 22.9 Å². The average Bonchev–Trinajstić information content (AvgIpc) is 3.22. The highest BCUT2D eigenvalue weighted by molar-refractivity contribution is 7.09. The van der Waals surface area contributed by atoms with Crippen molar-refractivity contribution in [1.82, 2.24) is 0 Å². The molecule has 0 aliphatic rings. The van der Waals surface area contributed by atoms with Crippen molar-refractivity contribution in [1.29, 1.82) is 0 Å². The van der Waals surface area contributed by atoms with E-state index in [4.69, 9.17) is 16.3 Å². The highest BCUT2D eigenvalue weighted by Crippen LogP contribution is 2.26. The summed E-state index contributed by atoms with van der Waals surface area (Å²) in [6.45, 7) is 7.78. The molecule has 29 heavy (non-hydrogen) atoms. The number of rotatable bonds is 6. The lowest BCUT2D eigenvalue weighted by Gasteiger charge is -2.13. The number of carbonyl (C=O) groups is 2. The van der Waals surface area contributed by atoms with Gasteiger partial charge in [-0.05, 0) is 61.2 Å². The second kappa shape index (κ2) is 10.8. The van der Waals surface area contributed by atoms with E-state index >= 15 is 0 Å². The van der Waals surface area contributed by atoms with Crippen LogP contribution in [0.1, 0.15) is 51.9 Å². The minimum atomic E-state index is -0.366. The van der Waals surface area contributed by atoms with Crippen LogP contribution in [-0.2, 0) is 6.61 Å². The first kappa shape index (κ1) is 22.7. The monoisotopic (exact) mass is 429 g/mol. The topological polar surface area (TPSA) is 55.4 Å². The van der Waals surface area contributed by atoms with Crippen LogP contribution in [0.5, 0.6) is 5.75 Å². The van der Waals surface area contributed by atoms with Gasteiger partial charge in [0.25, 0.3) is 5.91 Å². The molecule has 1 heterocycles. The summed E-state index contributed by atoms with van der Waals surface area (Å²) in [6.07, 6.45) is 0. The molecule has 0 atom stereocenters. The van der Waals surface area contributed by atoms with Crippen LogP contribution in [-0.4, -0.2) is 11.7 Å². The first-order valence-electron chi connectivity index (χ1n) is 9.31. The largest absolute Gasteiger partial charge is 0.488 e. The number of thiophene rings is 1. The van der Waals surface area contributed by atoms with Gasteiger partial charge >= 0.3 is 0 Å². The van der Waals surface area contributed by atoms with Gasteiger partial charge in [-0.1, -0.05) is 37.6 Å². The summed E-state index contributed by atoms with van der Waals surface area (Å²) in [7, 11) is 0. The SMILES string of the molecule is CC.CC(=O)c1cc(OCc2cccs2)ccc1NC(=O)c1ccc(C)cc1Cl. The normalized spacial score (nSPS) is 9.97. The molecule has 0 aliphatic heterocycles. The van der Waals surface area contributed by atoms with E-state index in [2.05, 4.69) is 5.32 Å². The maximum Gasteiger partial charge on any atom is 0.257 e. The summed E-state index contributed by atoms with van der Waals surface area (Å²) in [5.74, 6) is 0.0385. The zero-order valence-corrected chi connectivity index (χ0v) is 18.5. The number of amides is 1. The summed E-state index contributed by atoms with van der Waals surface area (Å²) in [4.78, 5) is 25.7. The Bertz CT molecular complexity index is 984. The Morgan fingerprint density at radius 3 is 2.45 bits per heavy atom. The van der Waals surface area contributed by atoms with E-state index in [9.17, 15) is 9.59 Å². The van der Waals surface area contributed by atoms with Crippen molar-refractivity contribution in [2.75, 3.05) is 5.32 Å². The predicted octanol–water partition coefficient (Wildman–Crippen LogP) is 6.77. The highest BCUT2D eigenvalue weighted by atomic mass is 35.5. The molecule has 1 aromatic heterocycles. The quantitative estimate of drug-likeness (QED) is 0.440. The molecule has 0 aliphatic carbocycles. The van der Waals surface area contributed by atoms with Gasteiger partial charge in [0.2, 0.25) is 0 Å². The molecular weight excluding hydrogens is 406 g/mol. The molecule has 0 saturated carbocycles. The number of halogens is 1. The van der Waals surface area contributed by atoms with E-state index in [1.54, 1.807) is 41.7 Å². The van der Waals surface area contributed by atoms with Crippen molar-refractivity contribution in [3.05, 3.63) is 80.5 Å². The van der Waals surface area contributed by atoms with Crippen molar-refractivity contribution < 1.29 is 14.3 Å². The lowest BCUT2D eigenvalue weighted by molar-refractivity contribution is 0.101. The molecule has 0 radical (unpaired) electrons. The molecule has 3 rings (SSSR count). The molecule has 0 unspecified atom stereocenters. The Labute approximate surface area is 180 Å². The summed E-state index contributed by atoms with van der Waals surface area (Å²) >= 11 is 7.76. The van der Waals surface area contributed by atoms with Crippen molar-refractivity contribution in [2.45, 2.75) is 34.3 Å². The zero-order chi connectivity index (χ0) is 21.4. The molecule has 0 saturated heterocycles. The summed E-state index contributed by atoms with van der Waals surface area (Å²) in [5, 5.41) is 5.12. The molecule has 1 N–H and O–H groups in total. The van der Waals surface area contributed by atoms with E-state index in [0.29, 0.717) is 34.2 Å². The first-order chi connectivity index (χ1) is 13.9. The number of hydrogen-bond acceptors (Lipinski definition) is 4. The number of ketones is 1. The second-order valence-corrected chi connectivity index (χ2v) is 7.51. The molecule has 2 aromatic carbocycles. The van der Waals surface area contributed by atoms with E-state index in [-0.39, 0.29) is 11.7 Å². The van der Waals surface area contributed by atoms with E-state index < -0.39 is 0 Å². The van der Waals surface area contributed by atoms with Crippen molar-refractivity contribution in [3.63, 3.8) is 0 Å². The van der Waals surface area contributed by atoms with Crippen LogP contribution in [0.25, 0.3) is 0 Å². The number of anilines is 1. The fraction of sp³-hybridized carbons (Fsp3) is 0.217. The van der Waals surface area contributed by atoms with Crippen molar-refractivity contribution in [3.8, 4) is 5.75 Å². The summed E-state index contributed by atoms with van der Waals surface area (Å²) in [6, 6.07) is 14.2. The summed E-state index contributed by atoms with van der Waals surface area (Å²) < 4.78 is 5.74. The Balaban J connectivity index is 0.00000145. The van der Waals surface area contributed by atoms with Gasteiger partial charge in [0.15, 0.2) is 5.78 Å². The second-order valence-electron chi connectivity index (χ2n) is 6.07. The fourth-order valence-electron chi connectivity index (χ4n) is 2.56. The molecule has 0 spiro atoms. The van der Waals surface area contributed by atoms with Gasteiger partial charge in [-0.2, -0.15) is 0 Å². The molecule has 6 heteroatoms. The van der Waals surface area contributed by atoms with Crippen molar-refractivity contribution in [2.24, 2.45) is 0 Å². The van der Waals surface area contributed by atoms with Gasteiger partial charge in [-0.15, -0.1) is 11.3 Å². The Hall–Kier alpha value is -2.63. The first-order valence-corrected chi connectivity index (χ1v) is 10.6. The number of carbonyl (C=O) groups excluding carboxylic acids is 2. The molecule has 152 valence electrons. The van der Waals surface area contributed by atoms with Crippen LogP contribution in [0.3, 0.4) is 0 Å². The Kier molecular flexibility index (Phi) is 8.43. The van der Waals surface area contributed by atoms with Crippen LogP contribution in [0.2, 0.25) is 5.02 Å². The number of aryl methyl sites for hydroxylation is 1. The molecular formula is C23H24ClNO3S. The van der Waals surface area contributed by atoms with Crippen LogP contribution < -0.4 is 10.1 Å². The standard InChI is InChI=1S/C21H18ClNO3S.C2H6/c1-13-5-7-17(19(22)10-13)21(25)23-20-8-6-15(11-18(20)14(2)24)26-12-16-4-3-9-27-16;1-2/h3-11H,12H2,1-2H3,(H,23,25);1-2H3. The summed E-state index contributed by atoms with van der Waals surface area (Å²) in [5.41, 5.74) is 2.13. The molecule has 4 nitrogen and oxygen atoms in total. The van der Waals surface area contributed by atoms with Crippen LogP contribution in [0.15, 0.2) is 53.9 Å². The molecule has 1 amide bonds. The van der Waals surface area contributed by atoms with Crippen molar-refractivity contribution >= 4 is 40.3 Å². The van der Waals surface area contributed by atoms with Crippen LogP contribution in [0.4, 0.5) is 5.69 Å². The minimum Gasteiger partial charge on any atom is -0.488 e. The van der Waals surface area contributed by atoms with Gasteiger partial charge < -0.3 is 10.1 Å². The Morgan fingerprint density at radius 1 is 1.07 bits per heavy atom. The van der Waals surface area contributed by atoms with Gasteiger partial charge in [-0.25, -0.2) is 0 Å². The van der Waals surface area contributed by atoms with Gasteiger partial charge in [0.05, 0.1) is 16.3 Å². The smallest absolute Gasteiger partial charge is 0.257 e. The van der Waals surface area contributed by atoms with Gasteiger partial charge in [0.1, 0.15) is 12.4 Å². The van der Waals surface area contributed by atoms with E-state index in [1.165, 1.54) is 6.92 Å². The third-order valence-corrected chi connectivity index (χ3v) is 5.11.